The largest absolute Gasteiger partial charge is 0.388 e. The zero-order valence-electron chi connectivity index (χ0n) is 11.3. The minimum atomic E-state index is -0.692. The number of benzene rings is 1. The second-order valence-corrected chi connectivity index (χ2v) is 6.35. The Morgan fingerprint density at radius 2 is 2.05 bits per heavy atom. The molecule has 2 N–H and O–H groups in total. The van der Waals surface area contributed by atoms with E-state index in [4.69, 9.17) is 0 Å². The van der Waals surface area contributed by atoms with Crippen molar-refractivity contribution in [1.29, 1.82) is 0 Å². The van der Waals surface area contributed by atoms with E-state index in [0.717, 1.165) is 36.3 Å². The number of nitrogens with one attached hydrogen (secondary N) is 1. The van der Waals surface area contributed by atoms with E-state index in [9.17, 15) is 9.90 Å². The number of aliphatic hydroxyl groups is 1. The van der Waals surface area contributed by atoms with Gasteiger partial charge in [0.2, 0.25) is 0 Å². The lowest BCUT2D eigenvalue weighted by atomic mass is 10.0. The molecular weight excluding hydrogens is 258 g/mol. The zero-order chi connectivity index (χ0) is 13.7. The van der Waals surface area contributed by atoms with Crippen molar-refractivity contribution in [2.24, 2.45) is 0 Å². The Balaban J connectivity index is 1.99. The third-order valence-corrected chi connectivity index (χ3v) is 4.50. The number of carbonyl (C=O) groups excluding carboxylic acids is 1. The summed E-state index contributed by atoms with van der Waals surface area (Å²) in [5, 5.41) is 13.1. The van der Waals surface area contributed by atoms with E-state index in [0.29, 0.717) is 12.1 Å². The average molecular weight is 279 g/mol. The van der Waals surface area contributed by atoms with Gasteiger partial charge in [-0.3, -0.25) is 4.79 Å². The Labute approximate surface area is 118 Å². The minimum absolute atomic E-state index is 0.0862. The molecule has 1 aliphatic rings. The maximum atomic E-state index is 12.2. The molecule has 2 rings (SSSR count). The molecule has 0 bridgehead atoms. The molecule has 0 unspecified atom stereocenters. The smallest absolute Gasteiger partial charge is 0.252 e. The lowest BCUT2D eigenvalue weighted by Gasteiger charge is -2.22. The summed E-state index contributed by atoms with van der Waals surface area (Å²) in [6.45, 7) is 2.43. The van der Waals surface area contributed by atoms with Crippen LogP contribution in [0, 0.1) is 0 Å². The highest BCUT2D eigenvalue weighted by molar-refractivity contribution is 7.99. The normalized spacial score (nSPS) is 17.4. The summed E-state index contributed by atoms with van der Waals surface area (Å²) in [7, 11) is 0. The Morgan fingerprint density at radius 3 is 2.74 bits per heavy atom. The number of amides is 1. The van der Waals surface area contributed by atoms with Crippen LogP contribution < -0.4 is 5.32 Å². The van der Waals surface area contributed by atoms with Gasteiger partial charge in [0.25, 0.3) is 5.91 Å². The molecule has 1 saturated carbocycles. The van der Waals surface area contributed by atoms with Crippen LogP contribution in [-0.2, 0) is 0 Å². The van der Waals surface area contributed by atoms with Crippen LogP contribution in [-0.4, -0.2) is 28.9 Å². The molecule has 0 atom stereocenters. The van der Waals surface area contributed by atoms with Crippen molar-refractivity contribution in [3.8, 4) is 0 Å². The van der Waals surface area contributed by atoms with Gasteiger partial charge in [0.1, 0.15) is 0 Å². The third-order valence-electron chi connectivity index (χ3n) is 3.54. The van der Waals surface area contributed by atoms with E-state index in [1.165, 1.54) is 0 Å². The fourth-order valence-corrected chi connectivity index (χ4v) is 3.29. The maximum Gasteiger partial charge on any atom is 0.252 e. The molecule has 0 aliphatic heterocycles. The lowest BCUT2D eigenvalue weighted by molar-refractivity contribution is 0.0449. The van der Waals surface area contributed by atoms with Gasteiger partial charge in [-0.1, -0.05) is 31.9 Å². The standard InChI is InChI=1S/C15H21NO2S/c1-2-19-13-8-4-3-7-12(13)14(17)16-11-15(18)9-5-6-10-15/h3-4,7-8,18H,2,5-6,9-11H2,1H3,(H,16,17). The second kappa shape index (κ2) is 6.44. The van der Waals surface area contributed by atoms with Crippen LogP contribution in [0.25, 0.3) is 0 Å². The van der Waals surface area contributed by atoms with Crippen LogP contribution >= 0.6 is 11.8 Å². The molecule has 19 heavy (non-hydrogen) atoms. The van der Waals surface area contributed by atoms with Gasteiger partial charge < -0.3 is 10.4 Å². The third kappa shape index (κ3) is 3.74. The van der Waals surface area contributed by atoms with Gasteiger partial charge in [-0.2, -0.15) is 0 Å². The number of hydrogen-bond acceptors (Lipinski definition) is 3. The summed E-state index contributed by atoms with van der Waals surface area (Å²) in [5.41, 5.74) is 0.0126. The zero-order valence-corrected chi connectivity index (χ0v) is 12.1. The van der Waals surface area contributed by atoms with Gasteiger partial charge in [0, 0.05) is 11.4 Å². The summed E-state index contributed by atoms with van der Waals surface area (Å²) in [4.78, 5) is 13.2. The topological polar surface area (TPSA) is 49.3 Å². The van der Waals surface area contributed by atoms with Crippen LogP contribution in [0.2, 0.25) is 0 Å². The van der Waals surface area contributed by atoms with Gasteiger partial charge in [0.05, 0.1) is 11.2 Å². The van der Waals surface area contributed by atoms with Crippen molar-refractivity contribution in [3.05, 3.63) is 29.8 Å². The monoisotopic (exact) mass is 279 g/mol. The van der Waals surface area contributed by atoms with Crippen molar-refractivity contribution in [2.75, 3.05) is 12.3 Å². The Bertz CT molecular complexity index is 442. The molecule has 0 radical (unpaired) electrons. The van der Waals surface area contributed by atoms with E-state index in [1.807, 2.05) is 24.3 Å². The van der Waals surface area contributed by atoms with Crippen molar-refractivity contribution in [1.82, 2.24) is 5.32 Å². The molecule has 0 spiro atoms. The van der Waals surface area contributed by atoms with Crippen LogP contribution in [0.15, 0.2) is 29.2 Å². The van der Waals surface area contributed by atoms with E-state index in [2.05, 4.69) is 12.2 Å². The number of rotatable bonds is 5. The average Bonchev–Trinajstić information content (AvgIpc) is 2.85. The molecule has 1 aromatic rings. The first-order valence-corrected chi connectivity index (χ1v) is 7.85. The molecular formula is C15H21NO2S. The second-order valence-electron chi connectivity index (χ2n) is 5.04. The van der Waals surface area contributed by atoms with Crippen LogP contribution in [0.4, 0.5) is 0 Å². The van der Waals surface area contributed by atoms with Crippen molar-refractivity contribution in [3.63, 3.8) is 0 Å². The van der Waals surface area contributed by atoms with Gasteiger partial charge in [-0.25, -0.2) is 0 Å². The molecule has 1 fully saturated rings. The van der Waals surface area contributed by atoms with Crippen LogP contribution in [0.5, 0.6) is 0 Å². The minimum Gasteiger partial charge on any atom is -0.388 e. The highest BCUT2D eigenvalue weighted by atomic mass is 32.2. The van der Waals surface area contributed by atoms with Crippen molar-refractivity contribution in [2.45, 2.75) is 43.1 Å². The predicted octanol–water partition coefficient (Wildman–Crippen LogP) is 2.83. The van der Waals surface area contributed by atoms with Crippen LogP contribution in [0.1, 0.15) is 43.0 Å². The number of hydrogen-bond donors (Lipinski definition) is 2. The Hall–Kier alpha value is -1.00. The van der Waals surface area contributed by atoms with Gasteiger partial charge in [-0.05, 0) is 30.7 Å². The highest BCUT2D eigenvalue weighted by Gasteiger charge is 2.31. The van der Waals surface area contributed by atoms with Crippen LogP contribution in [0.3, 0.4) is 0 Å². The molecule has 1 amide bonds. The number of carbonyl (C=O) groups is 1. The van der Waals surface area contributed by atoms with Crippen molar-refractivity contribution >= 4 is 17.7 Å². The molecule has 4 heteroatoms. The van der Waals surface area contributed by atoms with E-state index in [-0.39, 0.29) is 5.91 Å². The van der Waals surface area contributed by atoms with Crippen molar-refractivity contribution < 1.29 is 9.90 Å². The molecule has 1 aromatic carbocycles. The molecule has 3 nitrogen and oxygen atoms in total. The van der Waals surface area contributed by atoms with Gasteiger partial charge in [-0.15, -0.1) is 11.8 Å². The molecule has 0 heterocycles. The predicted molar refractivity (Wildman–Crippen MR) is 78.6 cm³/mol. The van der Waals surface area contributed by atoms with E-state index >= 15 is 0 Å². The highest BCUT2D eigenvalue weighted by Crippen LogP contribution is 2.29. The van der Waals surface area contributed by atoms with E-state index in [1.54, 1.807) is 11.8 Å². The molecule has 104 valence electrons. The fraction of sp³-hybridized carbons (Fsp3) is 0.533. The first-order chi connectivity index (χ1) is 9.14. The first-order valence-electron chi connectivity index (χ1n) is 6.87. The lowest BCUT2D eigenvalue weighted by Crippen LogP contribution is -2.40. The van der Waals surface area contributed by atoms with E-state index < -0.39 is 5.60 Å². The van der Waals surface area contributed by atoms with Gasteiger partial charge >= 0.3 is 0 Å². The number of thioether (sulfide) groups is 1. The SMILES string of the molecule is CCSc1ccccc1C(=O)NCC1(O)CCCC1. The van der Waals surface area contributed by atoms with Gasteiger partial charge in [0.15, 0.2) is 0 Å². The fourth-order valence-electron chi connectivity index (χ4n) is 2.49. The Morgan fingerprint density at radius 1 is 1.37 bits per heavy atom. The summed E-state index contributed by atoms with van der Waals surface area (Å²) in [6.07, 6.45) is 3.68. The molecule has 0 saturated heterocycles. The summed E-state index contributed by atoms with van der Waals surface area (Å²) in [6, 6.07) is 7.62. The quantitative estimate of drug-likeness (QED) is 0.815. The molecule has 1 aliphatic carbocycles. The summed E-state index contributed by atoms with van der Waals surface area (Å²) >= 11 is 1.66. The summed E-state index contributed by atoms with van der Waals surface area (Å²) < 4.78 is 0. The summed E-state index contributed by atoms with van der Waals surface area (Å²) in [5.74, 6) is 0.852. The first kappa shape index (κ1) is 14.4. The Kier molecular flexibility index (Phi) is 4.88. The molecule has 0 aromatic heterocycles. The maximum absolute atomic E-state index is 12.2.